The molecule has 174 valence electrons. The summed E-state index contributed by atoms with van der Waals surface area (Å²) >= 11 is 0. The molecule has 0 saturated carbocycles. The van der Waals surface area contributed by atoms with Crippen molar-refractivity contribution in [3.05, 3.63) is 63.7 Å². The molecule has 2 saturated heterocycles. The predicted octanol–water partition coefficient (Wildman–Crippen LogP) is 1.85. The third kappa shape index (κ3) is 4.14. The van der Waals surface area contributed by atoms with E-state index in [-0.39, 0.29) is 49.3 Å². The van der Waals surface area contributed by atoms with Gasteiger partial charge in [-0.25, -0.2) is 13.3 Å². The molecule has 0 radical (unpaired) electrons. The fourth-order valence-corrected chi connectivity index (χ4v) is 6.01. The number of rotatable bonds is 5. The number of hydrogen-bond donors (Lipinski definition) is 0. The van der Waals surface area contributed by atoms with E-state index in [2.05, 4.69) is 0 Å². The van der Waals surface area contributed by atoms with Gasteiger partial charge in [0.25, 0.3) is 11.6 Å². The van der Waals surface area contributed by atoms with Crippen LogP contribution in [0.4, 0.5) is 11.4 Å². The van der Waals surface area contributed by atoms with Gasteiger partial charge in [-0.1, -0.05) is 29.8 Å². The molecular formula is C22H24N4O6S. The molecule has 2 aromatic carbocycles. The Morgan fingerprint density at radius 1 is 1.00 bits per heavy atom. The quantitative estimate of drug-likeness (QED) is 0.370. The first kappa shape index (κ1) is 23.0. The minimum absolute atomic E-state index is 0.0308. The summed E-state index contributed by atoms with van der Waals surface area (Å²) in [5, 5.41) is 11.3. The Kier molecular flexibility index (Phi) is 6.04. The van der Waals surface area contributed by atoms with Gasteiger partial charge in [-0.2, -0.15) is 4.31 Å². The normalized spacial score (nSPS) is 20.4. The van der Waals surface area contributed by atoms with Crippen LogP contribution in [0.25, 0.3) is 0 Å². The van der Waals surface area contributed by atoms with Crippen LogP contribution in [0.15, 0.2) is 47.4 Å². The van der Waals surface area contributed by atoms with Gasteiger partial charge in [-0.3, -0.25) is 24.6 Å². The zero-order chi connectivity index (χ0) is 23.9. The smallest absolute Gasteiger partial charge is 0.289 e. The third-order valence-electron chi connectivity index (χ3n) is 6.11. The van der Waals surface area contributed by atoms with Crippen molar-refractivity contribution < 1.29 is 22.9 Å². The van der Waals surface area contributed by atoms with E-state index in [4.69, 9.17) is 0 Å². The summed E-state index contributed by atoms with van der Waals surface area (Å²) in [6, 6.07) is 10.1. The molecule has 0 N–H and O–H groups in total. The lowest BCUT2D eigenvalue weighted by atomic mass is 10.1. The van der Waals surface area contributed by atoms with E-state index >= 15 is 0 Å². The van der Waals surface area contributed by atoms with Crippen LogP contribution in [0, 0.1) is 24.0 Å². The summed E-state index contributed by atoms with van der Waals surface area (Å²) in [4.78, 5) is 39.1. The molecule has 0 unspecified atom stereocenters. The number of nitro benzene ring substituents is 1. The molecule has 0 spiro atoms. The van der Waals surface area contributed by atoms with Gasteiger partial charge in [-0.05, 0) is 31.5 Å². The lowest BCUT2D eigenvalue weighted by Gasteiger charge is -2.36. The molecule has 2 aliphatic rings. The van der Waals surface area contributed by atoms with Crippen LogP contribution in [0.3, 0.4) is 0 Å². The van der Waals surface area contributed by atoms with E-state index in [1.807, 2.05) is 30.9 Å². The summed E-state index contributed by atoms with van der Waals surface area (Å²) in [6.07, 6.45) is 0.0308. The molecule has 2 aliphatic heterocycles. The Labute approximate surface area is 191 Å². The standard InChI is InChI=1S/C22H24N4O6S/c1-15-7-8-17(16(2)13-15)25-21(27)14-19(22(25)28)23-9-11-24(12-10-23)33(31,32)20-6-4-3-5-18(20)26(29)30/h3-8,13,19H,9-12,14H2,1-2H3/t19-/m1/s1. The first-order valence-electron chi connectivity index (χ1n) is 10.5. The van der Waals surface area contributed by atoms with Gasteiger partial charge in [-0.15, -0.1) is 0 Å². The van der Waals surface area contributed by atoms with Crippen molar-refractivity contribution >= 4 is 33.2 Å². The van der Waals surface area contributed by atoms with E-state index in [0.717, 1.165) is 17.2 Å². The molecule has 2 fully saturated rings. The predicted molar refractivity (Wildman–Crippen MR) is 120 cm³/mol. The van der Waals surface area contributed by atoms with E-state index in [0.29, 0.717) is 5.69 Å². The van der Waals surface area contributed by atoms with Gasteiger partial charge in [0.05, 0.1) is 23.1 Å². The second-order valence-corrected chi connectivity index (χ2v) is 10.1. The number of para-hydroxylation sites is 1. The zero-order valence-electron chi connectivity index (χ0n) is 18.3. The third-order valence-corrected chi connectivity index (χ3v) is 8.06. The van der Waals surface area contributed by atoms with E-state index in [9.17, 15) is 28.1 Å². The van der Waals surface area contributed by atoms with Gasteiger partial charge >= 0.3 is 0 Å². The first-order valence-corrected chi connectivity index (χ1v) is 12.0. The van der Waals surface area contributed by atoms with E-state index in [1.54, 1.807) is 6.07 Å². The fourth-order valence-electron chi connectivity index (χ4n) is 4.43. The summed E-state index contributed by atoms with van der Waals surface area (Å²) in [6.45, 7) is 4.40. The van der Waals surface area contributed by atoms with Crippen LogP contribution < -0.4 is 4.90 Å². The van der Waals surface area contributed by atoms with Crippen LogP contribution in [0.2, 0.25) is 0 Å². The fraction of sp³-hybridized carbons (Fsp3) is 0.364. The summed E-state index contributed by atoms with van der Waals surface area (Å²) in [7, 11) is -4.07. The number of piperazine rings is 1. The maximum Gasteiger partial charge on any atom is 0.289 e. The second-order valence-electron chi connectivity index (χ2n) is 8.24. The van der Waals surface area contributed by atoms with Crippen LogP contribution in [0.5, 0.6) is 0 Å². The van der Waals surface area contributed by atoms with Crippen molar-refractivity contribution in [2.24, 2.45) is 0 Å². The average molecular weight is 473 g/mol. The Morgan fingerprint density at radius 3 is 2.30 bits per heavy atom. The number of sulfonamides is 1. The van der Waals surface area contributed by atoms with Gasteiger partial charge in [0, 0.05) is 32.2 Å². The van der Waals surface area contributed by atoms with Crippen LogP contribution in [0.1, 0.15) is 17.5 Å². The highest BCUT2D eigenvalue weighted by Crippen LogP contribution is 2.31. The molecule has 33 heavy (non-hydrogen) atoms. The number of benzene rings is 2. The van der Waals surface area contributed by atoms with Gasteiger partial charge in [0.15, 0.2) is 4.90 Å². The molecule has 2 amide bonds. The molecule has 0 bridgehead atoms. The zero-order valence-corrected chi connectivity index (χ0v) is 19.1. The topological polar surface area (TPSA) is 121 Å². The monoisotopic (exact) mass is 472 g/mol. The molecule has 2 heterocycles. The lowest BCUT2D eigenvalue weighted by molar-refractivity contribution is -0.387. The van der Waals surface area contributed by atoms with Crippen molar-refractivity contribution in [2.75, 3.05) is 31.1 Å². The number of nitrogens with zero attached hydrogens (tertiary/aromatic N) is 4. The highest BCUT2D eigenvalue weighted by molar-refractivity contribution is 7.89. The lowest BCUT2D eigenvalue weighted by Crippen LogP contribution is -2.53. The number of aryl methyl sites for hydroxylation is 2. The number of amides is 2. The molecule has 0 aliphatic carbocycles. The Morgan fingerprint density at radius 2 is 1.67 bits per heavy atom. The van der Waals surface area contributed by atoms with Gasteiger partial charge < -0.3 is 0 Å². The van der Waals surface area contributed by atoms with E-state index in [1.165, 1.54) is 27.4 Å². The molecule has 2 aromatic rings. The summed E-state index contributed by atoms with van der Waals surface area (Å²) in [5.74, 6) is -0.603. The maximum atomic E-state index is 13.1. The molecule has 11 heteroatoms. The van der Waals surface area contributed by atoms with Crippen LogP contribution >= 0.6 is 0 Å². The summed E-state index contributed by atoms with van der Waals surface area (Å²) < 4.78 is 27.3. The van der Waals surface area contributed by atoms with Crippen molar-refractivity contribution in [1.82, 2.24) is 9.21 Å². The molecular weight excluding hydrogens is 448 g/mol. The molecule has 10 nitrogen and oxygen atoms in total. The Balaban J connectivity index is 1.49. The Hall–Kier alpha value is -3.15. The molecule has 4 rings (SSSR count). The molecule has 1 atom stereocenters. The largest absolute Gasteiger partial charge is 0.289 e. The highest BCUT2D eigenvalue weighted by atomic mass is 32.2. The number of nitro groups is 1. The van der Waals surface area contributed by atoms with Crippen LogP contribution in [-0.4, -0.2) is 66.6 Å². The number of carbonyl (C=O) groups is 2. The second kappa shape index (κ2) is 8.65. The SMILES string of the molecule is Cc1ccc(N2C(=O)C[C@@H](N3CCN(S(=O)(=O)c4ccccc4[N+](=O)[O-])CC3)C2=O)c(C)c1. The maximum absolute atomic E-state index is 13.1. The average Bonchev–Trinajstić information content (AvgIpc) is 3.08. The highest BCUT2D eigenvalue weighted by Gasteiger charge is 2.45. The van der Waals surface area contributed by atoms with Crippen molar-refractivity contribution in [2.45, 2.75) is 31.2 Å². The minimum Gasteiger partial charge on any atom is -0.289 e. The van der Waals surface area contributed by atoms with Crippen LogP contribution in [-0.2, 0) is 19.6 Å². The molecule has 0 aromatic heterocycles. The van der Waals surface area contributed by atoms with Crippen molar-refractivity contribution in [3.63, 3.8) is 0 Å². The number of hydrogen-bond acceptors (Lipinski definition) is 7. The van der Waals surface area contributed by atoms with E-state index < -0.39 is 26.7 Å². The van der Waals surface area contributed by atoms with Crippen molar-refractivity contribution in [3.8, 4) is 0 Å². The minimum atomic E-state index is -4.07. The first-order chi connectivity index (χ1) is 15.6. The Bertz CT molecular complexity index is 1240. The number of imide groups is 1. The van der Waals surface area contributed by atoms with Gasteiger partial charge in [0.2, 0.25) is 15.9 Å². The van der Waals surface area contributed by atoms with Crippen molar-refractivity contribution in [1.29, 1.82) is 0 Å². The number of carbonyl (C=O) groups excluding carboxylic acids is 2. The number of anilines is 1. The van der Waals surface area contributed by atoms with Gasteiger partial charge in [0.1, 0.15) is 0 Å². The summed E-state index contributed by atoms with van der Waals surface area (Å²) in [5.41, 5.74) is 1.96.